The first-order valence-corrected chi connectivity index (χ1v) is 8.10. The molecule has 0 atom stereocenters. The molecule has 116 valence electrons. The van der Waals surface area contributed by atoms with Crippen LogP contribution in [0.1, 0.15) is 5.56 Å². The quantitative estimate of drug-likeness (QED) is 0.615. The first-order chi connectivity index (χ1) is 10.3. The summed E-state index contributed by atoms with van der Waals surface area (Å²) in [5.41, 5.74) is 0.176. The SMILES string of the molecule is CN(c1ccc(Cl)cn1)S(=O)(=O)Cc1cccc([N+](=O)[O-])c1. The molecule has 0 aliphatic carbocycles. The fourth-order valence-corrected chi connectivity index (χ4v) is 3.06. The Balaban J connectivity index is 2.25. The van der Waals surface area contributed by atoms with Gasteiger partial charge in [0.15, 0.2) is 0 Å². The number of hydrogen-bond acceptors (Lipinski definition) is 5. The minimum absolute atomic E-state index is 0.153. The summed E-state index contributed by atoms with van der Waals surface area (Å²) in [6, 6.07) is 8.52. The zero-order valence-corrected chi connectivity index (χ0v) is 13.1. The molecule has 0 bridgehead atoms. The number of rotatable bonds is 5. The third-order valence-corrected chi connectivity index (χ3v) is 4.87. The van der Waals surface area contributed by atoms with E-state index in [2.05, 4.69) is 4.98 Å². The summed E-state index contributed by atoms with van der Waals surface area (Å²) in [4.78, 5) is 14.1. The summed E-state index contributed by atoms with van der Waals surface area (Å²) in [6.45, 7) is 0. The summed E-state index contributed by atoms with van der Waals surface area (Å²) >= 11 is 5.71. The fraction of sp³-hybridized carbons (Fsp3) is 0.154. The second-order valence-electron chi connectivity index (χ2n) is 4.49. The van der Waals surface area contributed by atoms with Crippen LogP contribution in [0.2, 0.25) is 5.02 Å². The average molecular weight is 342 g/mol. The first kappa shape index (κ1) is 16.2. The highest BCUT2D eigenvalue weighted by molar-refractivity contribution is 7.92. The van der Waals surface area contributed by atoms with Crippen LogP contribution in [0.15, 0.2) is 42.6 Å². The molecular weight excluding hydrogens is 330 g/mol. The zero-order chi connectivity index (χ0) is 16.3. The van der Waals surface area contributed by atoms with Crippen LogP contribution in [0.5, 0.6) is 0 Å². The Labute approximate surface area is 132 Å². The number of anilines is 1. The van der Waals surface area contributed by atoms with Gasteiger partial charge in [-0.3, -0.25) is 14.4 Å². The van der Waals surface area contributed by atoms with E-state index < -0.39 is 14.9 Å². The van der Waals surface area contributed by atoms with Crippen molar-refractivity contribution in [1.29, 1.82) is 0 Å². The lowest BCUT2D eigenvalue weighted by atomic mass is 10.2. The van der Waals surface area contributed by atoms with Crippen molar-refractivity contribution in [2.24, 2.45) is 0 Å². The van der Waals surface area contributed by atoms with Crippen LogP contribution < -0.4 is 4.31 Å². The Kier molecular flexibility index (Phi) is 4.62. The molecule has 0 fully saturated rings. The second-order valence-corrected chi connectivity index (χ2v) is 6.92. The minimum atomic E-state index is -3.72. The Morgan fingerprint density at radius 3 is 2.64 bits per heavy atom. The monoisotopic (exact) mass is 341 g/mol. The maximum absolute atomic E-state index is 12.3. The third-order valence-electron chi connectivity index (χ3n) is 2.92. The molecule has 0 saturated heterocycles. The molecule has 0 aliphatic heterocycles. The van der Waals surface area contributed by atoms with Crippen molar-refractivity contribution in [3.05, 3.63) is 63.3 Å². The van der Waals surface area contributed by atoms with Crippen molar-refractivity contribution in [1.82, 2.24) is 4.98 Å². The fourth-order valence-electron chi connectivity index (χ4n) is 1.76. The molecule has 9 heteroatoms. The van der Waals surface area contributed by atoms with Crippen LogP contribution in [0, 0.1) is 10.1 Å². The van der Waals surface area contributed by atoms with Gasteiger partial charge in [-0.1, -0.05) is 23.7 Å². The van der Waals surface area contributed by atoms with E-state index in [1.807, 2.05) is 0 Å². The number of sulfonamides is 1. The van der Waals surface area contributed by atoms with Crippen LogP contribution in [0.3, 0.4) is 0 Å². The molecule has 0 saturated carbocycles. The van der Waals surface area contributed by atoms with Crippen LogP contribution in [0.4, 0.5) is 11.5 Å². The Morgan fingerprint density at radius 2 is 2.05 bits per heavy atom. The molecule has 2 rings (SSSR count). The van der Waals surface area contributed by atoms with E-state index in [-0.39, 0.29) is 17.3 Å². The number of nitro benzene ring substituents is 1. The summed E-state index contributed by atoms with van der Waals surface area (Å²) in [7, 11) is -2.35. The Morgan fingerprint density at radius 1 is 1.32 bits per heavy atom. The highest BCUT2D eigenvalue weighted by Crippen LogP contribution is 2.20. The van der Waals surface area contributed by atoms with Gasteiger partial charge < -0.3 is 0 Å². The molecule has 1 aromatic heterocycles. The molecule has 0 aliphatic rings. The largest absolute Gasteiger partial charge is 0.269 e. The van der Waals surface area contributed by atoms with Gasteiger partial charge in [0.25, 0.3) is 5.69 Å². The van der Waals surface area contributed by atoms with E-state index in [0.717, 1.165) is 4.31 Å². The normalized spacial score (nSPS) is 11.2. The average Bonchev–Trinajstić information content (AvgIpc) is 2.47. The highest BCUT2D eigenvalue weighted by atomic mass is 35.5. The van der Waals surface area contributed by atoms with Crippen molar-refractivity contribution < 1.29 is 13.3 Å². The lowest BCUT2D eigenvalue weighted by molar-refractivity contribution is -0.384. The molecule has 0 spiro atoms. The summed E-state index contributed by atoms with van der Waals surface area (Å²) in [5.74, 6) is -0.148. The first-order valence-electron chi connectivity index (χ1n) is 6.11. The molecule has 0 unspecified atom stereocenters. The van der Waals surface area contributed by atoms with Gasteiger partial charge in [0.1, 0.15) is 5.82 Å². The van der Waals surface area contributed by atoms with Gasteiger partial charge >= 0.3 is 0 Å². The van der Waals surface area contributed by atoms with Gasteiger partial charge in [-0.2, -0.15) is 0 Å². The molecule has 1 heterocycles. The molecule has 0 radical (unpaired) electrons. The predicted molar refractivity (Wildman–Crippen MR) is 83.4 cm³/mol. The van der Waals surface area contributed by atoms with Crippen LogP contribution in [0.25, 0.3) is 0 Å². The lowest BCUT2D eigenvalue weighted by Gasteiger charge is -2.18. The molecule has 2 aromatic rings. The standard InChI is InChI=1S/C13H12ClN3O4S/c1-16(13-6-5-11(14)8-15-13)22(20,21)9-10-3-2-4-12(7-10)17(18)19/h2-8H,9H2,1H3. The van der Waals surface area contributed by atoms with E-state index >= 15 is 0 Å². The zero-order valence-electron chi connectivity index (χ0n) is 11.5. The van der Waals surface area contributed by atoms with Crippen molar-refractivity contribution in [2.45, 2.75) is 5.75 Å². The van der Waals surface area contributed by atoms with Gasteiger partial charge in [-0.05, 0) is 17.7 Å². The molecule has 7 nitrogen and oxygen atoms in total. The number of benzene rings is 1. The van der Waals surface area contributed by atoms with E-state index in [1.165, 1.54) is 49.6 Å². The van der Waals surface area contributed by atoms with Crippen molar-refractivity contribution >= 4 is 33.1 Å². The smallest absolute Gasteiger partial charge is 0.258 e. The Hall–Kier alpha value is -2.19. The van der Waals surface area contributed by atoms with Crippen molar-refractivity contribution in [2.75, 3.05) is 11.4 Å². The van der Waals surface area contributed by atoms with Crippen molar-refractivity contribution in [3.8, 4) is 0 Å². The Bertz CT molecular complexity index is 793. The maximum Gasteiger partial charge on any atom is 0.269 e. The molecule has 0 N–H and O–H groups in total. The molecule has 0 amide bonds. The summed E-state index contributed by atoms with van der Waals surface area (Å²) in [6.07, 6.45) is 1.34. The minimum Gasteiger partial charge on any atom is -0.258 e. The van der Waals surface area contributed by atoms with E-state index in [9.17, 15) is 18.5 Å². The van der Waals surface area contributed by atoms with Crippen LogP contribution in [-0.2, 0) is 15.8 Å². The number of hydrogen-bond donors (Lipinski definition) is 0. The van der Waals surface area contributed by atoms with Crippen molar-refractivity contribution in [3.63, 3.8) is 0 Å². The highest BCUT2D eigenvalue weighted by Gasteiger charge is 2.21. The predicted octanol–water partition coefficient (Wildman–Crippen LogP) is 2.61. The molecule has 22 heavy (non-hydrogen) atoms. The van der Waals surface area contributed by atoms with E-state index in [4.69, 9.17) is 11.6 Å². The molecule has 1 aromatic carbocycles. The topological polar surface area (TPSA) is 93.4 Å². The third kappa shape index (κ3) is 3.71. The van der Waals surface area contributed by atoms with Gasteiger partial charge in [0, 0.05) is 25.4 Å². The summed E-state index contributed by atoms with van der Waals surface area (Å²) < 4.78 is 25.7. The van der Waals surface area contributed by atoms with Gasteiger partial charge in [0.2, 0.25) is 10.0 Å². The number of aromatic nitrogens is 1. The lowest BCUT2D eigenvalue weighted by Crippen LogP contribution is -2.28. The number of nitrogens with zero attached hydrogens (tertiary/aromatic N) is 3. The number of halogens is 1. The maximum atomic E-state index is 12.3. The number of pyridine rings is 1. The van der Waals surface area contributed by atoms with Gasteiger partial charge in [-0.15, -0.1) is 0 Å². The van der Waals surface area contributed by atoms with Gasteiger partial charge in [-0.25, -0.2) is 13.4 Å². The number of non-ortho nitro benzene ring substituents is 1. The van der Waals surface area contributed by atoms with Gasteiger partial charge in [0.05, 0.1) is 15.7 Å². The van der Waals surface area contributed by atoms with Crippen LogP contribution in [-0.4, -0.2) is 25.4 Å². The summed E-state index contributed by atoms with van der Waals surface area (Å²) in [5, 5.41) is 11.1. The molecular formula is C13H12ClN3O4S. The number of nitro groups is 1. The van der Waals surface area contributed by atoms with E-state index in [0.29, 0.717) is 10.6 Å². The second kappa shape index (κ2) is 6.29. The van der Waals surface area contributed by atoms with E-state index in [1.54, 1.807) is 0 Å². The van der Waals surface area contributed by atoms with Crippen LogP contribution >= 0.6 is 11.6 Å².